The molecule has 2 aromatic carbocycles. The number of carbonyl (C=O) groups is 1. The second-order valence-electron chi connectivity index (χ2n) is 9.07. The summed E-state index contributed by atoms with van der Waals surface area (Å²) in [4.78, 5) is 17.7. The number of amides is 1. The van der Waals surface area contributed by atoms with Crippen molar-refractivity contribution in [1.29, 1.82) is 0 Å². The van der Waals surface area contributed by atoms with Gasteiger partial charge in [0.1, 0.15) is 0 Å². The molecular weight excluding hydrogens is 466 g/mol. The van der Waals surface area contributed by atoms with Crippen LogP contribution in [0.5, 0.6) is 0 Å². The van der Waals surface area contributed by atoms with E-state index < -0.39 is 10.0 Å². The Kier molecular flexibility index (Phi) is 7.21. The number of nitrogens with one attached hydrogen (secondary N) is 1. The van der Waals surface area contributed by atoms with E-state index in [2.05, 4.69) is 10.3 Å². The number of carbonyl (C=O) groups excluding carboxylic acids is 1. The molecule has 0 atom stereocenters. The molecule has 1 amide bonds. The second-order valence-corrected chi connectivity index (χ2v) is 12.0. The maximum absolute atomic E-state index is 13.3. The molecular formula is C26H31N3O3S2. The maximum atomic E-state index is 13.3. The molecule has 0 bridgehead atoms. The first-order valence-electron chi connectivity index (χ1n) is 11.5. The number of piperidine rings is 1. The van der Waals surface area contributed by atoms with Crippen LogP contribution in [0.2, 0.25) is 0 Å². The number of hydrogen-bond acceptors (Lipinski definition) is 5. The van der Waals surface area contributed by atoms with Gasteiger partial charge in [-0.05, 0) is 57.2 Å². The van der Waals surface area contributed by atoms with Crippen LogP contribution in [0.15, 0.2) is 46.7 Å². The van der Waals surface area contributed by atoms with Gasteiger partial charge < -0.3 is 5.32 Å². The molecule has 6 nitrogen and oxygen atoms in total. The van der Waals surface area contributed by atoms with Crippen molar-refractivity contribution in [2.24, 2.45) is 5.92 Å². The Balaban J connectivity index is 1.32. The molecule has 1 aliphatic rings. The fourth-order valence-corrected chi connectivity index (χ4v) is 7.19. The lowest BCUT2D eigenvalue weighted by Crippen LogP contribution is -2.43. The minimum Gasteiger partial charge on any atom is -0.352 e. The van der Waals surface area contributed by atoms with Crippen molar-refractivity contribution in [3.05, 3.63) is 69.0 Å². The Bertz CT molecular complexity index is 1270. The quantitative estimate of drug-likeness (QED) is 0.533. The maximum Gasteiger partial charge on any atom is 0.243 e. The molecule has 3 aromatic rings. The molecule has 1 saturated heterocycles. The van der Waals surface area contributed by atoms with Crippen molar-refractivity contribution in [3.63, 3.8) is 0 Å². The minimum atomic E-state index is -3.57. The molecule has 0 spiro atoms. The molecule has 1 fully saturated rings. The van der Waals surface area contributed by atoms with Gasteiger partial charge in [0.25, 0.3) is 0 Å². The third-order valence-electron chi connectivity index (χ3n) is 6.36. The molecule has 0 radical (unpaired) electrons. The lowest BCUT2D eigenvalue weighted by atomic mass is 9.97. The van der Waals surface area contributed by atoms with Crippen LogP contribution in [0.3, 0.4) is 0 Å². The topological polar surface area (TPSA) is 79.4 Å². The molecule has 180 valence electrons. The third-order valence-corrected chi connectivity index (χ3v) is 9.34. The molecule has 0 unspecified atom stereocenters. The van der Waals surface area contributed by atoms with Crippen LogP contribution in [-0.2, 0) is 21.4 Å². The van der Waals surface area contributed by atoms with Crippen LogP contribution in [0.25, 0.3) is 11.3 Å². The molecule has 0 aliphatic carbocycles. The Morgan fingerprint density at radius 2 is 1.68 bits per heavy atom. The van der Waals surface area contributed by atoms with Crippen LogP contribution in [-0.4, -0.2) is 36.7 Å². The predicted octanol–water partition coefficient (Wildman–Crippen LogP) is 4.76. The van der Waals surface area contributed by atoms with E-state index >= 15 is 0 Å². The van der Waals surface area contributed by atoms with Gasteiger partial charge in [0, 0.05) is 36.5 Å². The first-order chi connectivity index (χ1) is 16.1. The SMILES string of the molecule is Cc1cc(C)c(S(=O)(=O)N2CCC(C(=O)NCc3ccc(-c4csc(C)n4)cc3)CC2)c(C)c1. The summed E-state index contributed by atoms with van der Waals surface area (Å²) in [5.41, 5.74) is 5.65. The molecule has 4 rings (SSSR count). The van der Waals surface area contributed by atoms with E-state index in [1.165, 1.54) is 4.31 Å². The highest BCUT2D eigenvalue weighted by Crippen LogP contribution is 2.29. The highest BCUT2D eigenvalue weighted by molar-refractivity contribution is 7.89. The standard InChI is InChI=1S/C26H31N3O3S2/c1-17-13-18(2)25(19(3)14-17)34(31,32)29-11-9-23(10-12-29)26(30)27-15-21-5-7-22(8-6-21)24-16-33-20(4)28-24/h5-8,13-14,16,23H,9-12,15H2,1-4H3,(H,27,30). The van der Waals surface area contributed by atoms with E-state index in [1.807, 2.05) is 69.5 Å². The van der Waals surface area contributed by atoms with Crippen LogP contribution < -0.4 is 5.32 Å². The zero-order valence-electron chi connectivity index (χ0n) is 20.1. The minimum absolute atomic E-state index is 0.0149. The van der Waals surface area contributed by atoms with Crippen molar-refractivity contribution in [2.75, 3.05) is 13.1 Å². The molecule has 2 heterocycles. The number of rotatable bonds is 6. The van der Waals surface area contributed by atoms with E-state index in [9.17, 15) is 13.2 Å². The number of sulfonamides is 1. The van der Waals surface area contributed by atoms with Crippen LogP contribution in [0, 0.1) is 33.6 Å². The lowest BCUT2D eigenvalue weighted by Gasteiger charge is -2.31. The van der Waals surface area contributed by atoms with Gasteiger partial charge in [0.05, 0.1) is 15.6 Å². The second kappa shape index (κ2) is 9.98. The summed E-state index contributed by atoms with van der Waals surface area (Å²) in [6.45, 7) is 8.81. The number of aryl methyl sites for hydroxylation is 4. The summed E-state index contributed by atoms with van der Waals surface area (Å²) >= 11 is 1.63. The molecule has 1 aromatic heterocycles. The van der Waals surface area contributed by atoms with Crippen LogP contribution in [0.1, 0.15) is 40.1 Å². The Labute approximate surface area is 206 Å². The number of benzene rings is 2. The van der Waals surface area contributed by atoms with Crippen molar-refractivity contribution >= 4 is 27.3 Å². The number of nitrogens with zero attached hydrogens (tertiary/aromatic N) is 2. The first-order valence-corrected chi connectivity index (χ1v) is 13.8. The predicted molar refractivity (Wildman–Crippen MR) is 136 cm³/mol. The lowest BCUT2D eigenvalue weighted by molar-refractivity contribution is -0.126. The van der Waals surface area contributed by atoms with E-state index in [0.29, 0.717) is 37.4 Å². The third kappa shape index (κ3) is 5.24. The smallest absolute Gasteiger partial charge is 0.243 e. The van der Waals surface area contributed by atoms with Crippen molar-refractivity contribution in [2.45, 2.75) is 52.0 Å². The Hall–Kier alpha value is -2.55. The number of thiazole rings is 1. The number of hydrogen-bond donors (Lipinski definition) is 1. The van der Waals surface area contributed by atoms with Gasteiger partial charge in [0.15, 0.2) is 0 Å². The van der Waals surface area contributed by atoms with Gasteiger partial charge >= 0.3 is 0 Å². The van der Waals surface area contributed by atoms with Crippen LogP contribution >= 0.6 is 11.3 Å². The van der Waals surface area contributed by atoms with Gasteiger partial charge in [-0.15, -0.1) is 11.3 Å². The average molecular weight is 498 g/mol. The van der Waals surface area contributed by atoms with Gasteiger partial charge in [-0.25, -0.2) is 13.4 Å². The molecule has 0 saturated carbocycles. The summed E-state index contributed by atoms with van der Waals surface area (Å²) in [7, 11) is -3.57. The van der Waals surface area contributed by atoms with Crippen molar-refractivity contribution in [1.82, 2.24) is 14.6 Å². The average Bonchev–Trinajstić information content (AvgIpc) is 3.23. The van der Waals surface area contributed by atoms with Gasteiger partial charge in [-0.3, -0.25) is 4.79 Å². The summed E-state index contributed by atoms with van der Waals surface area (Å²) in [6.07, 6.45) is 1.05. The molecule has 34 heavy (non-hydrogen) atoms. The summed E-state index contributed by atoms with van der Waals surface area (Å²) in [5.74, 6) is -0.192. The van der Waals surface area contributed by atoms with Gasteiger partial charge in [-0.1, -0.05) is 42.0 Å². The molecule has 8 heteroatoms. The van der Waals surface area contributed by atoms with Gasteiger partial charge in [-0.2, -0.15) is 4.31 Å². The van der Waals surface area contributed by atoms with Crippen molar-refractivity contribution < 1.29 is 13.2 Å². The zero-order valence-corrected chi connectivity index (χ0v) is 21.7. The van der Waals surface area contributed by atoms with E-state index in [-0.39, 0.29) is 11.8 Å². The van der Waals surface area contributed by atoms with E-state index in [1.54, 1.807) is 11.3 Å². The fourth-order valence-electron chi connectivity index (χ4n) is 4.68. The zero-order chi connectivity index (χ0) is 24.5. The Morgan fingerprint density at radius 3 is 2.24 bits per heavy atom. The Morgan fingerprint density at radius 1 is 1.06 bits per heavy atom. The highest BCUT2D eigenvalue weighted by atomic mass is 32.2. The van der Waals surface area contributed by atoms with E-state index in [0.717, 1.165) is 38.5 Å². The normalized spacial score (nSPS) is 15.4. The monoisotopic (exact) mass is 497 g/mol. The number of aromatic nitrogens is 1. The van der Waals surface area contributed by atoms with Crippen molar-refractivity contribution in [3.8, 4) is 11.3 Å². The van der Waals surface area contributed by atoms with Crippen LogP contribution in [0.4, 0.5) is 0 Å². The fraction of sp³-hybridized carbons (Fsp3) is 0.385. The highest BCUT2D eigenvalue weighted by Gasteiger charge is 2.33. The molecule has 1 N–H and O–H groups in total. The summed E-state index contributed by atoms with van der Waals surface area (Å²) in [5, 5.41) is 6.10. The summed E-state index contributed by atoms with van der Waals surface area (Å²) in [6, 6.07) is 11.9. The first kappa shape index (κ1) is 24.6. The molecule has 1 aliphatic heterocycles. The van der Waals surface area contributed by atoms with Gasteiger partial charge in [0.2, 0.25) is 15.9 Å². The summed E-state index contributed by atoms with van der Waals surface area (Å²) < 4.78 is 28.1. The largest absolute Gasteiger partial charge is 0.352 e. The van der Waals surface area contributed by atoms with E-state index in [4.69, 9.17) is 0 Å².